The SMILES string of the molecule is Cc1cc(NC2CCCN(C(=O)O)C2)n2ncc(C(C)C)c2n1. The number of aryl methyl sites for hydroxylation is 1. The van der Waals surface area contributed by atoms with Gasteiger partial charge in [0.05, 0.1) is 6.20 Å². The van der Waals surface area contributed by atoms with Crippen LogP contribution in [0.4, 0.5) is 10.6 Å². The number of rotatable bonds is 3. The average Bonchev–Trinajstić information content (AvgIpc) is 2.91. The zero-order valence-corrected chi connectivity index (χ0v) is 13.8. The molecule has 1 unspecified atom stereocenters. The van der Waals surface area contributed by atoms with Gasteiger partial charge >= 0.3 is 6.09 Å². The first kappa shape index (κ1) is 15.6. The molecule has 0 aromatic carbocycles. The summed E-state index contributed by atoms with van der Waals surface area (Å²) in [7, 11) is 0. The smallest absolute Gasteiger partial charge is 0.407 e. The molecular formula is C16H23N5O2. The number of anilines is 1. The zero-order chi connectivity index (χ0) is 16.6. The van der Waals surface area contributed by atoms with E-state index in [1.54, 1.807) is 0 Å². The maximum Gasteiger partial charge on any atom is 0.407 e. The minimum atomic E-state index is -0.853. The summed E-state index contributed by atoms with van der Waals surface area (Å²) in [5, 5.41) is 17.1. The third-order valence-corrected chi connectivity index (χ3v) is 4.29. The molecule has 1 fully saturated rings. The number of piperidine rings is 1. The second kappa shape index (κ2) is 6.06. The molecule has 0 spiro atoms. The highest BCUT2D eigenvalue weighted by Gasteiger charge is 2.24. The Balaban J connectivity index is 1.89. The van der Waals surface area contributed by atoms with Crippen molar-refractivity contribution in [1.82, 2.24) is 19.5 Å². The van der Waals surface area contributed by atoms with E-state index in [0.29, 0.717) is 19.0 Å². The van der Waals surface area contributed by atoms with Crippen LogP contribution in [0.2, 0.25) is 0 Å². The number of nitrogens with one attached hydrogen (secondary N) is 1. The lowest BCUT2D eigenvalue weighted by Gasteiger charge is -2.31. The topological polar surface area (TPSA) is 82.8 Å². The van der Waals surface area contributed by atoms with Crippen LogP contribution < -0.4 is 5.32 Å². The fourth-order valence-electron chi connectivity index (χ4n) is 3.09. The Morgan fingerprint density at radius 1 is 1.48 bits per heavy atom. The van der Waals surface area contributed by atoms with Crippen LogP contribution in [0.25, 0.3) is 5.65 Å². The predicted molar refractivity (Wildman–Crippen MR) is 88.1 cm³/mol. The molecule has 7 heteroatoms. The summed E-state index contributed by atoms with van der Waals surface area (Å²) >= 11 is 0. The van der Waals surface area contributed by atoms with Crippen LogP contribution in [0.1, 0.15) is 43.9 Å². The molecule has 1 aliphatic rings. The summed E-state index contributed by atoms with van der Waals surface area (Å²) in [6, 6.07) is 2.06. The van der Waals surface area contributed by atoms with Gasteiger partial charge in [-0.2, -0.15) is 9.61 Å². The van der Waals surface area contributed by atoms with E-state index in [1.807, 2.05) is 23.7 Å². The quantitative estimate of drug-likeness (QED) is 0.909. The third kappa shape index (κ3) is 3.09. The Morgan fingerprint density at radius 3 is 2.96 bits per heavy atom. The first-order valence-electron chi connectivity index (χ1n) is 8.05. The van der Waals surface area contributed by atoms with Crippen LogP contribution in [0.5, 0.6) is 0 Å². The van der Waals surface area contributed by atoms with E-state index in [-0.39, 0.29) is 6.04 Å². The minimum absolute atomic E-state index is 0.0940. The van der Waals surface area contributed by atoms with Crippen molar-refractivity contribution in [3.8, 4) is 0 Å². The Hall–Kier alpha value is -2.31. The van der Waals surface area contributed by atoms with Crippen molar-refractivity contribution in [3.05, 3.63) is 23.5 Å². The highest BCUT2D eigenvalue weighted by Crippen LogP contribution is 2.23. The molecule has 1 aliphatic heterocycles. The lowest BCUT2D eigenvalue weighted by atomic mass is 10.1. The van der Waals surface area contributed by atoms with Gasteiger partial charge in [0, 0.05) is 36.5 Å². The van der Waals surface area contributed by atoms with Crippen molar-refractivity contribution >= 4 is 17.6 Å². The lowest BCUT2D eigenvalue weighted by molar-refractivity contribution is 0.132. The molecule has 124 valence electrons. The van der Waals surface area contributed by atoms with Gasteiger partial charge in [0.2, 0.25) is 0 Å². The van der Waals surface area contributed by atoms with E-state index in [1.165, 1.54) is 4.90 Å². The normalized spacial score (nSPS) is 18.6. The van der Waals surface area contributed by atoms with Crippen molar-refractivity contribution in [1.29, 1.82) is 0 Å². The van der Waals surface area contributed by atoms with Crippen LogP contribution in [-0.4, -0.2) is 49.8 Å². The van der Waals surface area contributed by atoms with Crippen molar-refractivity contribution in [2.24, 2.45) is 0 Å². The molecule has 2 N–H and O–H groups in total. The van der Waals surface area contributed by atoms with E-state index < -0.39 is 6.09 Å². The number of likely N-dealkylation sites (tertiary alicyclic amines) is 1. The van der Waals surface area contributed by atoms with Crippen molar-refractivity contribution in [2.75, 3.05) is 18.4 Å². The predicted octanol–water partition coefficient (Wildman–Crippen LogP) is 2.72. The highest BCUT2D eigenvalue weighted by atomic mass is 16.4. The van der Waals surface area contributed by atoms with Gasteiger partial charge in [-0.15, -0.1) is 0 Å². The van der Waals surface area contributed by atoms with Gasteiger partial charge in [-0.05, 0) is 25.7 Å². The van der Waals surface area contributed by atoms with Crippen molar-refractivity contribution < 1.29 is 9.90 Å². The number of aromatic nitrogens is 3. The van der Waals surface area contributed by atoms with Gasteiger partial charge in [-0.1, -0.05) is 13.8 Å². The molecule has 2 aromatic heterocycles. The Bertz CT molecular complexity index is 725. The zero-order valence-electron chi connectivity index (χ0n) is 13.8. The van der Waals surface area contributed by atoms with E-state index >= 15 is 0 Å². The standard InChI is InChI=1S/C16H23N5O2/c1-10(2)13-8-17-21-14(7-11(3)18-15(13)21)19-12-5-4-6-20(9-12)16(22)23/h7-8,10,12,19H,4-6,9H2,1-3H3,(H,22,23). The van der Waals surface area contributed by atoms with Crippen LogP contribution in [0.15, 0.2) is 12.3 Å². The highest BCUT2D eigenvalue weighted by molar-refractivity contribution is 5.65. The number of fused-ring (bicyclic) bond motifs is 1. The van der Waals surface area contributed by atoms with Gasteiger partial charge < -0.3 is 15.3 Å². The summed E-state index contributed by atoms with van der Waals surface area (Å²) in [5.74, 6) is 1.23. The molecule has 3 rings (SSSR count). The Morgan fingerprint density at radius 2 is 2.26 bits per heavy atom. The number of hydrogen-bond donors (Lipinski definition) is 2. The minimum Gasteiger partial charge on any atom is -0.465 e. The second-order valence-electron chi connectivity index (χ2n) is 6.48. The summed E-state index contributed by atoms with van der Waals surface area (Å²) in [5.41, 5.74) is 2.91. The largest absolute Gasteiger partial charge is 0.465 e. The number of carboxylic acid groups (broad SMARTS) is 1. The van der Waals surface area contributed by atoms with Crippen LogP contribution in [0, 0.1) is 6.92 Å². The van der Waals surface area contributed by atoms with Gasteiger partial charge in [-0.25, -0.2) is 9.78 Å². The van der Waals surface area contributed by atoms with Gasteiger partial charge in [0.1, 0.15) is 5.82 Å². The molecule has 1 saturated heterocycles. The number of carbonyl (C=O) groups is 1. The molecule has 1 atom stereocenters. The summed E-state index contributed by atoms with van der Waals surface area (Å²) in [6.07, 6.45) is 2.83. The first-order chi connectivity index (χ1) is 11.0. The van der Waals surface area contributed by atoms with E-state index in [0.717, 1.165) is 35.6 Å². The number of hydrogen-bond acceptors (Lipinski definition) is 4. The number of nitrogens with zero attached hydrogens (tertiary/aromatic N) is 4. The molecule has 3 heterocycles. The van der Waals surface area contributed by atoms with E-state index in [4.69, 9.17) is 0 Å². The lowest BCUT2D eigenvalue weighted by Crippen LogP contribution is -2.44. The summed E-state index contributed by atoms with van der Waals surface area (Å²) in [6.45, 7) is 7.32. The molecule has 23 heavy (non-hydrogen) atoms. The summed E-state index contributed by atoms with van der Waals surface area (Å²) < 4.78 is 1.82. The van der Waals surface area contributed by atoms with E-state index in [9.17, 15) is 9.90 Å². The molecule has 1 amide bonds. The molecule has 0 radical (unpaired) electrons. The van der Waals surface area contributed by atoms with Crippen molar-refractivity contribution in [3.63, 3.8) is 0 Å². The Labute approximate surface area is 135 Å². The van der Waals surface area contributed by atoms with Crippen LogP contribution >= 0.6 is 0 Å². The fraction of sp³-hybridized carbons (Fsp3) is 0.562. The molecule has 7 nitrogen and oxygen atoms in total. The maximum absolute atomic E-state index is 11.2. The van der Waals surface area contributed by atoms with Gasteiger partial charge in [0.25, 0.3) is 0 Å². The molecule has 2 aromatic rings. The Kier molecular flexibility index (Phi) is 4.11. The van der Waals surface area contributed by atoms with E-state index in [2.05, 4.69) is 29.2 Å². The third-order valence-electron chi connectivity index (χ3n) is 4.29. The molecular weight excluding hydrogens is 294 g/mol. The molecule has 0 bridgehead atoms. The summed E-state index contributed by atoms with van der Waals surface area (Å²) in [4.78, 5) is 17.2. The average molecular weight is 317 g/mol. The molecule has 0 aliphatic carbocycles. The van der Waals surface area contributed by atoms with Gasteiger partial charge in [0.15, 0.2) is 5.65 Å². The van der Waals surface area contributed by atoms with Crippen LogP contribution in [-0.2, 0) is 0 Å². The fourth-order valence-corrected chi connectivity index (χ4v) is 3.09. The van der Waals surface area contributed by atoms with Gasteiger partial charge in [-0.3, -0.25) is 0 Å². The first-order valence-corrected chi connectivity index (χ1v) is 8.05. The van der Waals surface area contributed by atoms with Crippen LogP contribution in [0.3, 0.4) is 0 Å². The monoisotopic (exact) mass is 317 g/mol. The number of amides is 1. The van der Waals surface area contributed by atoms with Crippen molar-refractivity contribution in [2.45, 2.75) is 45.6 Å². The second-order valence-corrected chi connectivity index (χ2v) is 6.48. The molecule has 0 saturated carbocycles. The maximum atomic E-state index is 11.2.